The van der Waals surface area contributed by atoms with Crippen molar-refractivity contribution in [3.05, 3.63) is 11.8 Å². The molecular weight excluding hydrogens is 237 g/mol. The predicted molar refractivity (Wildman–Crippen MR) is 52.6 cm³/mol. The SMILES string of the molecule is COc1c(C(F)(F)F)cnn1C1CCCCO1. The molecule has 1 fully saturated rings. The Kier molecular flexibility index (Phi) is 3.28. The Labute approximate surface area is 96.3 Å². The fourth-order valence-corrected chi connectivity index (χ4v) is 1.87. The van der Waals surface area contributed by atoms with E-state index in [9.17, 15) is 13.2 Å². The molecule has 0 bridgehead atoms. The monoisotopic (exact) mass is 250 g/mol. The van der Waals surface area contributed by atoms with E-state index in [1.165, 1.54) is 11.8 Å². The van der Waals surface area contributed by atoms with Crippen LogP contribution < -0.4 is 4.74 Å². The number of hydrogen-bond donors (Lipinski definition) is 0. The number of alkyl halides is 3. The molecule has 0 spiro atoms. The van der Waals surface area contributed by atoms with Crippen LogP contribution in [-0.2, 0) is 10.9 Å². The molecule has 1 aromatic rings. The first-order valence-electron chi connectivity index (χ1n) is 5.34. The van der Waals surface area contributed by atoms with Crippen LogP contribution in [0.15, 0.2) is 6.20 Å². The van der Waals surface area contributed by atoms with E-state index in [1.807, 2.05) is 0 Å². The third kappa shape index (κ3) is 2.38. The minimum atomic E-state index is -4.46. The van der Waals surface area contributed by atoms with Crippen molar-refractivity contribution in [1.82, 2.24) is 9.78 Å². The molecule has 0 saturated carbocycles. The second-order valence-electron chi connectivity index (χ2n) is 3.83. The highest BCUT2D eigenvalue weighted by molar-refractivity contribution is 5.27. The second kappa shape index (κ2) is 4.56. The Balaban J connectivity index is 2.31. The normalized spacial score (nSPS) is 21.5. The molecule has 17 heavy (non-hydrogen) atoms. The summed E-state index contributed by atoms with van der Waals surface area (Å²) in [5.74, 6) is -0.288. The van der Waals surface area contributed by atoms with Crippen LogP contribution in [0.3, 0.4) is 0 Å². The van der Waals surface area contributed by atoms with Crippen LogP contribution in [0.25, 0.3) is 0 Å². The number of aromatic nitrogens is 2. The maximum atomic E-state index is 12.6. The van der Waals surface area contributed by atoms with Gasteiger partial charge in [-0.1, -0.05) is 0 Å². The van der Waals surface area contributed by atoms with E-state index in [4.69, 9.17) is 9.47 Å². The summed E-state index contributed by atoms with van der Waals surface area (Å²) in [5, 5.41) is 3.72. The Morgan fingerprint density at radius 1 is 1.47 bits per heavy atom. The lowest BCUT2D eigenvalue weighted by Crippen LogP contribution is -2.20. The lowest BCUT2D eigenvalue weighted by Gasteiger charge is -2.24. The maximum Gasteiger partial charge on any atom is 0.423 e. The summed E-state index contributed by atoms with van der Waals surface area (Å²) < 4.78 is 49.3. The van der Waals surface area contributed by atoms with Crippen molar-refractivity contribution in [2.75, 3.05) is 13.7 Å². The highest BCUT2D eigenvalue weighted by atomic mass is 19.4. The molecule has 0 aliphatic carbocycles. The molecule has 0 aromatic carbocycles. The van der Waals surface area contributed by atoms with Crippen LogP contribution >= 0.6 is 0 Å². The van der Waals surface area contributed by atoms with E-state index in [-0.39, 0.29) is 5.88 Å². The van der Waals surface area contributed by atoms with Crippen molar-refractivity contribution in [1.29, 1.82) is 0 Å². The molecule has 1 unspecified atom stereocenters. The van der Waals surface area contributed by atoms with Crippen molar-refractivity contribution in [3.8, 4) is 5.88 Å². The molecule has 1 aliphatic rings. The summed E-state index contributed by atoms with van der Waals surface area (Å²) in [5.41, 5.74) is -0.867. The molecule has 1 aromatic heterocycles. The summed E-state index contributed by atoms with van der Waals surface area (Å²) in [4.78, 5) is 0. The van der Waals surface area contributed by atoms with Gasteiger partial charge in [-0.15, -0.1) is 0 Å². The van der Waals surface area contributed by atoms with Crippen LogP contribution in [0.4, 0.5) is 13.2 Å². The van der Waals surface area contributed by atoms with Crippen molar-refractivity contribution in [2.24, 2.45) is 0 Å². The molecule has 2 rings (SSSR count). The van der Waals surface area contributed by atoms with E-state index in [0.29, 0.717) is 13.0 Å². The molecule has 4 nitrogen and oxygen atoms in total. The summed E-state index contributed by atoms with van der Waals surface area (Å²) in [7, 11) is 1.20. The van der Waals surface area contributed by atoms with Gasteiger partial charge in [0.25, 0.3) is 0 Å². The summed E-state index contributed by atoms with van der Waals surface area (Å²) >= 11 is 0. The van der Waals surface area contributed by atoms with Gasteiger partial charge in [-0.3, -0.25) is 0 Å². The molecular formula is C10H13F3N2O2. The quantitative estimate of drug-likeness (QED) is 0.809. The van der Waals surface area contributed by atoms with Gasteiger partial charge in [0.1, 0.15) is 5.56 Å². The molecule has 0 N–H and O–H groups in total. The van der Waals surface area contributed by atoms with E-state index >= 15 is 0 Å². The fraction of sp³-hybridized carbons (Fsp3) is 0.700. The van der Waals surface area contributed by atoms with Crippen LogP contribution in [0, 0.1) is 0 Å². The number of rotatable bonds is 2. The second-order valence-corrected chi connectivity index (χ2v) is 3.83. The van der Waals surface area contributed by atoms with Gasteiger partial charge in [-0.2, -0.15) is 18.3 Å². The summed E-state index contributed by atoms with van der Waals surface area (Å²) in [6, 6.07) is 0. The standard InChI is InChI=1S/C10H13F3N2O2/c1-16-9-7(10(11,12)13)6-14-15(9)8-4-2-3-5-17-8/h6,8H,2-5H2,1H3. The Hall–Kier alpha value is -1.24. The van der Waals surface area contributed by atoms with Gasteiger partial charge in [-0.25, -0.2) is 4.68 Å². The first kappa shape index (κ1) is 12.2. The first-order chi connectivity index (χ1) is 8.04. The number of ether oxygens (including phenoxy) is 2. The highest BCUT2D eigenvalue weighted by Crippen LogP contribution is 2.38. The summed E-state index contributed by atoms with van der Waals surface area (Å²) in [6.45, 7) is 0.537. The largest absolute Gasteiger partial charge is 0.481 e. The van der Waals surface area contributed by atoms with E-state index < -0.39 is 18.0 Å². The zero-order chi connectivity index (χ0) is 12.5. The lowest BCUT2D eigenvalue weighted by molar-refractivity contribution is -0.139. The average Bonchev–Trinajstić information content (AvgIpc) is 2.73. The number of methoxy groups -OCH3 is 1. The van der Waals surface area contributed by atoms with Crippen molar-refractivity contribution in [3.63, 3.8) is 0 Å². The predicted octanol–water partition coefficient (Wildman–Crippen LogP) is 2.61. The Morgan fingerprint density at radius 2 is 2.24 bits per heavy atom. The third-order valence-corrected chi connectivity index (χ3v) is 2.68. The molecule has 1 atom stereocenters. The lowest BCUT2D eigenvalue weighted by atomic mass is 10.2. The van der Waals surface area contributed by atoms with E-state index in [1.54, 1.807) is 0 Å². The Morgan fingerprint density at radius 3 is 2.76 bits per heavy atom. The van der Waals surface area contributed by atoms with Gasteiger partial charge >= 0.3 is 6.18 Å². The molecule has 2 heterocycles. The van der Waals surface area contributed by atoms with Crippen molar-refractivity contribution >= 4 is 0 Å². The fourth-order valence-electron chi connectivity index (χ4n) is 1.87. The van der Waals surface area contributed by atoms with Crippen LogP contribution in [0.5, 0.6) is 5.88 Å². The topological polar surface area (TPSA) is 36.3 Å². The third-order valence-electron chi connectivity index (χ3n) is 2.68. The Bertz CT molecular complexity index is 383. The zero-order valence-corrected chi connectivity index (χ0v) is 9.33. The van der Waals surface area contributed by atoms with Crippen molar-refractivity contribution < 1.29 is 22.6 Å². The average molecular weight is 250 g/mol. The zero-order valence-electron chi connectivity index (χ0n) is 9.33. The first-order valence-corrected chi connectivity index (χ1v) is 5.34. The molecule has 0 amide bonds. The minimum Gasteiger partial charge on any atom is -0.481 e. The van der Waals surface area contributed by atoms with E-state index in [0.717, 1.165) is 19.0 Å². The van der Waals surface area contributed by atoms with Gasteiger partial charge < -0.3 is 9.47 Å². The van der Waals surface area contributed by atoms with Crippen LogP contribution in [0.2, 0.25) is 0 Å². The smallest absolute Gasteiger partial charge is 0.423 e. The van der Waals surface area contributed by atoms with Crippen molar-refractivity contribution in [2.45, 2.75) is 31.7 Å². The minimum absolute atomic E-state index is 0.288. The number of nitrogens with zero attached hydrogens (tertiary/aromatic N) is 2. The van der Waals surface area contributed by atoms with Gasteiger partial charge in [0, 0.05) is 6.61 Å². The van der Waals surface area contributed by atoms with E-state index in [2.05, 4.69) is 5.10 Å². The molecule has 7 heteroatoms. The van der Waals surface area contributed by atoms with Gasteiger partial charge in [0.15, 0.2) is 6.23 Å². The highest BCUT2D eigenvalue weighted by Gasteiger charge is 2.38. The summed E-state index contributed by atoms with van der Waals surface area (Å²) in [6.07, 6.45) is -1.67. The van der Waals surface area contributed by atoms with Crippen LogP contribution in [0.1, 0.15) is 31.1 Å². The van der Waals surface area contributed by atoms with Gasteiger partial charge in [0.05, 0.1) is 13.3 Å². The molecule has 1 aliphatic heterocycles. The number of hydrogen-bond acceptors (Lipinski definition) is 3. The van der Waals surface area contributed by atoms with Gasteiger partial charge in [0.2, 0.25) is 5.88 Å². The number of halogens is 3. The van der Waals surface area contributed by atoms with Crippen LogP contribution in [-0.4, -0.2) is 23.5 Å². The maximum absolute atomic E-state index is 12.6. The molecule has 96 valence electrons. The van der Waals surface area contributed by atoms with Gasteiger partial charge in [-0.05, 0) is 19.3 Å². The molecule has 0 radical (unpaired) electrons. The molecule has 1 saturated heterocycles.